The quantitative estimate of drug-likeness (QED) is 0.551. The number of allylic oxidation sites excluding steroid dienone is 1. The van der Waals surface area contributed by atoms with E-state index in [-0.39, 0.29) is 0 Å². The number of nitrogens with zero attached hydrogens (tertiary/aromatic N) is 5. The second-order valence-electron chi connectivity index (χ2n) is 6.65. The summed E-state index contributed by atoms with van der Waals surface area (Å²) in [6.07, 6.45) is 1.84. The third-order valence-electron chi connectivity index (χ3n) is 4.56. The fourth-order valence-electron chi connectivity index (χ4n) is 3.20. The van der Waals surface area contributed by atoms with Gasteiger partial charge in [0.25, 0.3) is 0 Å². The number of ether oxygens (including phenoxy) is 1. The molecule has 7 heteroatoms. The zero-order valence-electron chi connectivity index (χ0n) is 15.6. The molecule has 0 spiro atoms. The summed E-state index contributed by atoms with van der Waals surface area (Å²) in [6.45, 7) is 11.5. The lowest BCUT2D eigenvalue weighted by Gasteiger charge is -2.29. The van der Waals surface area contributed by atoms with Crippen molar-refractivity contribution in [1.82, 2.24) is 19.2 Å². The molecule has 1 aliphatic rings. The van der Waals surface area contributed by atoms with E-state index in [9.17, 15) is 0 Å². The van der Waals surface area contributed by atoms with E-state index in [0.29, 0.717) is 13.2 Å². The molecule has 0 aliphatic carbocycles. The molecule has 1 saturated heterocycles. The van der Waals surface area contributed by atoms with Crippen LogP contribution in [0.1, 0.15) is 11.4 Å². The van der Waals surface area contributed by atoms with Crippen molar-refractivity contribution < 1.29 is 4.74 Å². The second kappa shape index (κ2) is 8.62. The topological polar surface area (TPSA) is 38.5 Å². The highest BCUT2D eigenvalue weighted by Crippen LogP contribution is 2.17. The molecule has 0 atom stereocenters. The number of hydrogen-bond acceptors (Lipinski definition) is 5. The van der Waals surface area contributed by atoms with Gasteiger partial charge in [-0.15, -0.1) is 6.58 Å². The summed E-state index contributed by atoms with van der Waals surface area (Å²) < 4.78 is 10.0. The van der Waals surface area contributed by atoms with Gasteiger partial charge in [0.05, 0.1) is 19.9 Å². The number of rotatable bonds is 7. The molecule has 0 saturated carbocycles. The summed E-state index contributed by atoms with van der Waals surface area (Å²) in [7, 11) is 2.08. The van der Waals surface area contributed by atoms with Crippen LogP contribution in [0.4, 0.5) is 5.69 Å². The van der Waals surface area contributed by atoms with Crippen LogP contribution in [0.25, 0.3) is 0 Å². The lowest BCUT2D eigenvalue weighted by Crippen LogP contribution is -2.36. The summed E-state index contributed by atoms with van der Waals surface area (Å²) in [4.78, 5) is 4.58. The minimum Gasteiger partial charge on any atom is -0.378 e. The first-order valence-electron chi connectivity index (χ1n) is 8.94. The molecule has 3 rings (SSSR count). The average Bonchev–Trinajstić information content (AvgIpc) is 2.91. The standard InChI is InChI=1S/C19H27N5OS/c1-4-9-23-16(2)20-24(19(23)26)15-21(3)14-17-5-7-18(8-6-17)22-10-12-25-13-11-22/h4-8H,1,9-15H2,2-3H3. The molecule has 0 radical (unpaired) electrons. The van der Waals surface area contributed by atoms with Gasteiger partial charge in [-0.2, -0.15) is 5.10 Å². The average molecular weight is 374 g/mol. The highest BCUT2D eigenvalue weighted by molar-refractivity contribution is 7.71. The normalized spacial score (nSPS) is 14.8. The Bertz CT molecular complexity index is 789. The minimum atomic E-state index is 0.662. The van der Waals surface area contributed by atoms with E-state index in [1.807, 2.05) is 22.2 Å². The summed E-state index contributed by atoms with van der Waals surface area (Å²) in [5, 5.41) is 4.55. The van der Waals surface area contributed by atoms with Crippen LogP contribution in [0.3, 0.4) is 0 Å². The van der Waals surface area contributed by atoms with Gasteiger partial charge < -0.3 is 14.2 Å². The molecule has 2 aromatic rings. The minimum absolute atomic E-state index is 0.662. The Morgan fingerprint density at radius 3 is 2.62 bits per heavy atom. The Hall–Kier alpha value is -1.96. The Kier molecular flexibility index (Phi) is 6.24. The van der Waals surface area contributed by atoms with Gasteiger partial charge >= 0.3 is 0 Å². The van der Waals surface area contributed by atoms with E-state index < -0.39 is 0 Å². The smallest absolute Gasteiger partial charge is 0.199 e. The molecule has 0 bridgehead atoms. The maximum absolute atomic E-state index is 5.52. The number of hydrogen-bond donors (Lipinski definition) is 0. The number of anilines is 1. The highest BCUT2D eigenvalue weighted by atomic mass is 32.1. The highest BCUT2D eigenvalue weighted by Gasteiger charge is 2.12. The number of benzene rings is 1. The Labute approximate surface area is 160 Å². The van der Waals surface area contributed by atoms with Crippen LogP contribution in [0.2, 0.25) is 0 Å². The van der Waals surface area contributed by atoms with Gasteiger partial charge in [-0.05, 0) is 43.9 Å². The Balaban J connectivity index is 1.61. The van der Waals surface area contributed by atoms with Crippen molar-refractivity contribution in [2.24, 2.45) is 0 Å². The van der Waals surface area contributed by atoms with Gasteiger partial charge in [-0.25, -0.2) is 4.68 Å². The van der Waals surface area contributed by atoms with Crippen molar-refractivity contribution in [3.63, 3.8) is 0 Å². The first-order chi connectivity index (χ1) is 12.6. The van der Waals surface area contributed by atoms with Crippen molar-refractivity contribution in [2.45, 2.75) is 26.7 Å². The van der Waals surface area contributed by atoms with Crippen LogP contribution in [-0.4, -0.2) is 52.6 Å². The maximum atomic E-state index is 5.52. The van der Waals surface area contributed by atoms with Gasteiger partial charge in [0, 0.05) is 31.9 Å². The van der Waals surface area contributed by atoms with Gasteiger partial charge in [0.2, 0.25) is 0 Å². The molecule has 1 fully saturated rings. The zero-order valence-corrected chi connectivity index (χ0v) is 16.4. The molecular weight excluding hydrogens is 346 g/mol. The third kappa shape index (κ3) is 4.41. The van der Waals surface area contributed by atoms with Gasteiger partial charge in [-0.3, -0.25) is 4.90 Å². The van der Waals surface area contributed by atoms with Crippen LogP contribution in [-0.2, 0) is 24.5 Å². The van der Waals surface area contributed by atoms with E-state index in [1.165, 1.54) is 11.3 Å². The fourth-order valence-corrected chi connectivity index (χ4v) is 3.51. The second-order valence-corrected chi connectivity index (χ2v) is 7.02. The molecule has 0 N–H and O–H groups in total. The molecule has 140 valence electrons. The van der Waals surface area contributed by atoms with Crippen LogP contribution in [0.15, 0.2) is 36.9 Å². The van der Waals surface area contributed by atoms with Crippen molar-refractivity contribution >= 4 is 17.9 Å². The Morgan fingerprint density at radius 1 is 1.27 bits per heavy atom. The van der Waals surface area contributed by atoms with Gasteiger partial charge in [0.1, 0.15) is 5.82 Å². The molecule has 2 heterocycles. The summed E-state index contributed by atoms with van der Waals surface area (Å²) in [5.74, 6) is 0.915. The maximum Gasteiger partial charge on any atom is 0.199 e. The molecule has 1 aromatic heterocycles. The summed E-state index contributed by atoms with van der Waals surface area (Å²) in [6, 6.07) is 8.79. The predicted molar refractivity (Wildman–Crippen MR) is 107 cm³/mol. The largest absolute Gasteiger partial charge is 0.378 e. The van der Waals surface area contributed by atoms with Crippen molar-refractivity contribution in [2.75, 3.05) is 38.3 Å². The molecular formula is C19H27N5OS. The van der Waals surface area contributed by atoms with E-state index in [0.717, 1.165) is 43.4 Å². The van der Waals surface area contributed by atoms with Gasteiger partial charge in [-0.1, -0.05) is 18.2 Å². The third-order valence-corrected chi connectivity index (χ3v) is 4.99. The van der Waals surface area contributed by atoms with E-state index in [4.69, 9.17) is 17.0 Å². The van der Waals surface area contributed by atoms with Crippen molar-refractivity contribution in [3.05, 3.63) is 53.1 Å². The van der Waals surface area contributed by atoms with E-state index >= 15 is 0 Å². The van der Waals surface area contributed by atoms with Crippen molar-refractivity contribution in [3.8, 4) is 0 Å². The summed E-state index contributed by atoms with van der Waals surface area (Å²) in [5.41, 5.74) is 2.54. The lowest BCUT2D eigenvalue weighted by atomic mass is 10.2. The van der Waals surface area contributed by atoms with Crippen molar-refractivity contribution in [1.29, 1.82) is 0 Å². The molecule has 1 aliphatic heterocycles. The predicted octanol–water partition coefficient (Wildman–Crippen LogP) is 2.83. The molecule has 6 nitrogen and oxygen atoms in total. The van der Waals surface area contributed by atoms with Gasteiger partial charge in [0.15, 0.2) is 4.77 Å². The van der Waals surface area contributed by atoms with Crippen LogP contribution < -0.4 is 4.90 Å². The monoisotopic (exact) mass is 373 g/mol. The molecule has 26 heavy (non-hydrogen) atoms. The zero-order chi connectivity index (χ0) is 18.5. The number of aryl methyl sites for hydroxylation is 1. The molecule has 0 amide bonds. The first-order valence-corrected chi connectivity index (χ1v) is 9.34. The van der Waals surface area contributed by atoms with Crippen LogP contribution in [0, 0.1) is 11.7 Å². The van der Waals surface area contributed by atoms with Crippen LogP contribution >= 0.6 is 12.2 Å². The SMILES string of the molecule is C=CCn1c(C)nn(CN(C)Cc2ccc(N3CCOCC3)cc2)c1=S. The first kappa shape index (κ1) is 18.8. The number of morpholine rings is 1. The van der Waals surface area contributed by atoms with E-state index in [2.05, 4.69) is 52.8 Å². The lowest BCUT2D eigenvalue weighted by molar-refractivity contribution is 0.122. The molecule has 1 aromatic carbocycles. The fraction of sp³-hybridized carbons (Fsp3) is 0.474. The number of aromatic nitrogens is 3. The Morgan fingerprint density at radius 2 is 1.96 bits per heavy atom. The van der Waals surface area contributed by atoms with E-state index in [1.54, 1.807) is 0 Å². The molecule has 0 unspecified atom stereocenters. The summed E-state index contributed by atoms with van der Waals surface area (Å²) >= 11 is 5.52. The van der Waals surface area contributed by atoms with Crippen LogP contribution in [0.5, 0.6) is 0 Å².